The fourth-order valence-corrected chi connectivity index (χ4v) is 3.73. The number of benzene rings is 2. The first-order chi connectivity index (χ1) is 14.4. The first-order valence-corrected chi connectivity index (χ1v) is 10.0. The Bertz CT molecular complexity index is 1080. The predicted molar refractivity (Wildman–Crippen MR) is 126 cm³/mol. The Morgan fingerprint density at radius 2 is 1.90 bits per heavy atom. The lowest BCUT2D eigenvalue weighted by atomic mass is 10.2. The van der Waals surface area contributed by atoms with Gasteiger partial charge in [-0.05, 0) is 56.1 Å². The number of aromatic nitrogens is 1. The van der Waals surface area contributed by atoms with Crippen LogP contribution in [-0.2, 0) is 4.79 Å². The second-order valence-corrected chi connectivity index (χ2v) is 7.81. The molecule has 0 bridgehead atoms. The van der Waals surface area contributed by atoms with E-state index in [9.17, 15) is 14.9 Å². The number of thiazole rings is 1. The Kier molecular flexibility index (Phi) is 8.49. The monoisotopic (exact) mass is 462 g/mol. The highest BCUT2D eigenvalue weighted by Crippen LogP contribution is 2.31. The molecule has 0 radical (unpaired) electrons. The summed E-state index contributed by atoms with van der Waals surface area (Å²) in [7, 11) is 5.50. The zero-order chi connectivity index (χ0) is 21.7. The maximum Gasteiger partial charge on any atom is 0.269 e. The zero-order valence-electron chi connectivity index (χ0n) is 17.3. The molecule has 0 atom stereocenters. The number of rotatable bonds is 8. The van der Waals surface area contributed by atoms with Crippen LogP contribution in [0, 0.1) is 10.1 Å². The van der Waals surface area contributed by atoms with Gasteiger partial charge in [-0.2, -0.15) is 0 Å². The third-order valence-corrected chi connectivity index (χ3v) is 5.42. The van der Waals surface area contributed by atoms with E-state index in [1.807, 2.05) is 37.2 Å². The second kappa shape index (κ2) is 10.9. The number of hydrogen-bond acceptors (Lipinski definition) is 7. The molecule has 0 N–H and O–H groups in total. The summed E-state index contributed by atoms with van der Waals surface area (Å²) >= 11 is 1.43. The molecule has 3 aromatic rings. The van der Waals surface area contributed by atoms with Gasteiger partial charge in [0.2, 0.25) is 0 Å². The molecule has 31 heavy (non-hydrogen) atoms. The van der Waals surface area contributed by atoms with Crippen molar-refractivity contribution in [3.63, 3.8) is 0 Å². The van der Waals surface area contributed by atoms with Gasteiger partial charge in [-0.1, -0.05) is 11.3 Å². The van der Waals surface area contributed by atoms with Crippen molar-refractivity contribution in [3.05, 3.63) is 64.2 Å². The van der Waals surface area contributed by atoms with Crippen LogP contribution in [0.25, 0.3) is 16.3 Å². The number of methoxy groups -OCH3 is 1. The van der Waals surface area contributed by atoms with Gasteiger partial charge in [0.15, 0.2) is 5.13 Å². The lowest BCUT2D eigenvalue weighted by Gasteiger charge is -2.20. The van der Waals surface area contributed by atoms with Crippen LogP contribution in [0.5, 0.6) is 5.75 Å². The number of likely N-dealkylation sites (N-methyl/N-ethyl adjacent to an activating group) is 1. The number of nitro benzene ring substituents is 1. The molecule has 1 heterocycles. The van der Waals surface area contributed by atoms with Crippen molar-refractivity contribution in [2.24, 2.45) is 0 Å². The zero-order valence-corrected chi connectivity index (χ0v) is 19.0. The van der Waals surface area contributed by atoms with Crippen LogP contribution >= 0.6 is 23.7 Å². The molecule has 1 amide bonds. The molecule has 0 spiro atoms. The van der Waals surface area contributed by atoms with Crippen LogP contribution in [0.2, 0.25) is 0 Å². The molecule has 0 saturated heterocycles. The molecule has 3 rings (SSSR count). The molecule has 0 unspecified atom stereocenters. The number of carbonyl (C=O) groups is 1. The van der Waals surface area contributed by atoms with Gasteiger partial charge in [-0.15, -0.1) is 12.4 Å². The van der Waals surface area contributed by atoms with Crippen LogP contribution in [0.15, 0.2) is 48.5 Å². The van der Waals surface area contributed by atoms with Crippen LogP contribution in [0.4, 0.5) is 10.8 Å². The number of nitrogens with zero attached hydrogens (tertiary/aromatic N) is 4. The third kappa shape index (κ3) is 6.24. The van der Waals surface area contributed by atoms with Crippen molar-refractivity contribution < 1.29 is 14.5 Å². The van der Waals surface area contributed by atoms with Crippen molar-refractivity contribution in [2.75, 3.05) is 39.2 Å². The fourth-order valence-electron chi connectivity index (χ4n) is 2.70. The first kappa shape index (κ1) is 24.3. The molecule has 1 aromatic heterocycles. The Balaban J connectivity index is 0.00000341. The lowest BCUT2D eigenvalue weighted by Crippen LogP contribution is -2.35. The van der Waals surface area contributed by atoms with Crippen molar-refractivity contribution in [1.82, 2.24) is 9.88 Å². The van der Waals surface area contributed by atoms with Gasteiger partial charge in [0, 0.05) is 31.3 Å². The first-order valence-electron chi connectivity index (χ1n) is 9.20. The highest BCUT2D eigenvalue weighted by Gasteiger charge is 2.18. The van der Waals surface area contributed by atoms with E-state index in [1.54, 1.807) is 30.2 Å². The molecular weight excluding hydrogens is 440 g/mol. The average molecular weight is 463 g/mol. The highest BCUT2D eigenvalue weighted by molar-refractivity contribution is 7.22. The Labute approximate surface area is 190 Å². The quantitative estimate of drug-likeness (QED) is 0.282. The number of halogens is 1. The highest BCUT2D eigenvalue weighted by atomic mass is 35.5. The summed E-state index contributed by atoms with van der Waals surface area (Å²) in [6.45, 7) is 1.16. The standard InChI is InChI=1S/C21H22N4O4S.ClH/c1-23(2)12-13-24(21-22-18-10-9-17(29-3)14-19(18)30-21)20(26)11-6-15-4-7-16(8-5-15)25(27)28;/h4-11,14H,12-13H2,1-3H3;1H/b11-6+;. The molecule has 8 nitrogen and oxygen atoms in total. The van der Waals surface area contributed by atoms with E-state index in [0.29, 0.717) is 23.8 Å². The maximum absolute atomic E-state index is 13.0. The van der Waals surface area contributed by atoms with Crippen LogP contribution in [-0.4, -0.2) is 55.0 Å². The summed E-state index contributed by atoms with van der Waals surface area (Å²) in [5, 5.41) is 11.4. The molecule has 164 valence electrons. The van der Waals surface area contributed by atoms with Crippen LogP contribution < -0.4 is 9.64 Å². The Morgan fingerprint density at radius 3 is 2.52 bits per heavy atom. The topological polar surface area (TPSA) is 88.8 Å². The molecule has 0 saturated carbocycles. The third-order valence-electron chi connectivity index (χ3n) is 4.37. The van der Waals surface area contributed by atoms with E-state index in [4.69, 9.17) is 4.74 Å². The summed E-state index contributed by atoms with van der Waals surface area (Å²) in [6, 6.07) is 11.6. The predicted octanol–water partition coefficient (Wildman–Crippen LogP) is 4.24. The van der Waals surface area contributed by atoms with Gasteiger partial charge in [0.25, 0.3) is 11.6 Å². The molecule has 10 heteroatoms. The van der Waals surface area contributed by atoms with E-state index in [-0.39, 0.29) is 24.0 Å². The molecule has 0 fully saturated rings. The summed E-state index contributed by atoms with van der Waals surface area (Å²) in [4.78, 5) is 31.5. The van der Waals surface area contributed by atoms with Gasteiger partial charge in [-0.3, -0.25) is 19.8 Å². The average Bonchev–Trinajstić information content (AvgIpc) is 3.15. The minimum atomic E-state index is -0.455. The number of non-ortho nitro benzene ring substituents is 1. The minimum absolute atomic E-state index is 0. The summed E-state index contributed by atoms with van der Waals surface area (Å²) < 4.78 is 6.20. The van der Waals surface area contributed by atoms with E-state index >= 15 is 0 Å². The van der Waals surface area contributed by atoms with Crippen molar-refractivity contribution in [3.8, 4) is 5.75 Å². The number of fused-ring (bicyclic) bond motifs is 1. The smallest absolute Gasteiger partial charge is 0.269 e. The summed E-state index contributed by atoms with van der Waals surface area (Å²) in [6.07, 6.45) is 3.11. The number of carbonyl (C=O) groups excluding carboxylic acids is 1. The molecule has 0 aliphatic rings. The van der Waals surface area contributed by atoms with Gasteiger partial charge in [0.05, 0.1) is 22.2 Å². The number of anilines is 1. The minimum Gasteiger partial charge on any atom is -0.497 e. The van der Waals surface area contributed by atoms with Crippen LogP contribution in [0.1, 0.15) is 5.56 Å². The normalized spacial score (nSPS) is 11.0. The summed E-state index contributed by atoms with van der Waals surface area (Å²) in [5.74, 6) is 0.531. The molecule has 2 aromatic carbocycles. The number of hydrogen-bond donors (Lipinski definition) is 0. The van der Waals surface area contributed by atoms with Gasteiger partial charge in [0.1, 0.15) is 5.75 Å². The number of ether oxygens (including phenoxy) is 1. The van der Waals surface area contributed by atoms with Crippen LogP contribution in [0.3, 0.4) is 0 Å². The second-order valence-electron chi connectivity index (χ2n) is 6.81. The van der Waals surface area contributed by atoms with E-state index in [1.165, 1.54) is 29.5 Å². The largest absolute Gasteiger partial charge is 0.497 e. The molecule has 0 aliphatic heterocycles. The Morgan fingerprint density at radius 1 is 1.19 bits per heavy atom. The van der Waals surface area contributed by atoms with Gasteiger partial charge >= 0.3 is 0 Å². The number of nitro groups is 1. The SMILES string of the molecule is COc1ccc2nc(N(CCN(C)C)C(=O)/C=C/c3ccc([N+](=O)[O-])cc3)sc2c1.Cl. The van der Waals surface area contributed by atoms with Crippen molar-refractivity contribution in [1.29, 1.82) is 0 Å². The summed E-state index contributed by atoms with van der Waals surface area (Å²) in [5.41, 5.74) is 1.52. The molecule has 0 aliphatic carbocycles. The van der Waals surface area contributed by atoms with Gasteiger partial charge in [-0.25, -0.2) is 4.98 Å². The van der Waals surface area contributed by atoms with Gasteiger partial charge < -0.3 is 9.64 Å². The lowest BCUT2D eigenvalue weighted by molar-refractivity contribution is -0.384. The van der Waals surface area contributed by atoms with E-state index in [2.05, 4.69) is 4.98 Å². The van der Waals surface area contributed by atoms with Crippen molar-refractivity contribution >= 4 is 56.8 Å². The van der Waals surface area contributed by atoms with E-state index in [0.717, 1.165) is 16.0 Å². The molecular formula is C21H23ClN4O4S. The Hall–Kier alpha value is -3.01. The fraction of sp³-hybridized carbons (Fsp3) is 0.238. The number of amides is 1. The van der Waals surface area contributed by atoms with E-state index < -0.39 is 4.92 Å². The maximum atomic E-state index is 13.0. The van der Waals surface area contributed by atoms with Crippen molar-refractivity contribution in [2.45, 2.75) is 0 Å².